The molecule has 2 N–H and O–H groups in total. The summed E-state index contributed by atoms with van der Waals surface area (Å²) in [5.41, 5.74) is 3.64. The maximum atomic E-state index is 12.7. The van der Waals surface area contributed by atoms with E-state index >= 15 is 0 Å². The fourth-order valence-corrected chi connectivity index (χ4v) is 4.33. The zero-order valence-electron chi connectivity index (χ0n) is 19.5. The Morgan fingerprint density at radius 2 is 1.83 bits per heavy atom. The van der Waals surface area contributed by atoms with Gasteiger partial charge in [-0.2, -0.15) is 5.10 Å². The van der Waals surface area contributed by atoms with E-state index in [1.165, 1.54) is 30.5 Å². The molecular weight excluding hydrogens is 493 g/mol. The number of carbonyl (C=O) groups excluding carboxylic acids is 2. The fraction of sp³-hybridized carbons (Fsp3) is 0.375. The van der Waals surface area contributed by atoms with Crippen LogP contribution in [0.3, 0.4) is 0 Å². The Morgan fingerprint density at radius 3 is 2.46 bits per heavy atom. The molecule has 1 aliphatic heterocycles. The molecule has 35 heavy (non-hydrogen) atoms. The molecule has 3 rings (SSSR count). The minimum Gasteiger partial charge on any atom is -0.366 e. The Bertz CT molecular complexity index is 1130. The van der Waals surface area contributed by atoms with Crippen LogP contribution in [-0.4, -0.2) is 42.1 Å². The molecule has 1 aliphatic rings. The second-order valence-electron chi connectivity index (χ2n) is 8.61. The Kier molecular flexibility index (Phi) is 9.06. The van der Waals surface area contributed by atoms with E-state index in [1.807, 2.05) is 4.90 Å². The van der Waals surface area contributed by atoms with Gasteiger partial charge in [-0.25, -0.2) is 5.43 Å². The number of nitrogens with zero attached hydrogens (tertiary/aromatic N) is 3. The monoisotopic (exact) mass is 519 g/mol. The van der Waals surface area contributed by atoms with Crippen LogP contribution in [0.2, 0.25) is 10.0 Å². The van der Waals surface area contributed by atoms with Crippen molar-refractivity contribution in [3.8, 4) is 0 Å². The number of halogens is 2. The number of hydrazone groups is 1. The van der Waals surface area contributed by atoms with Crippen molar-refractivity contribution >= 4 is 52.6 Å². The van der Waals surface area contributed by atoms with Gasteiger partial charge in [0.15, 0.2) is 0 Å². The lowest BCUT2D eigenvalue weighted by Crippen LogP contribution is -2.48. The van der Waals surface area contributed by atoms with E-state index in [1.54, 1.807) is 26.0 Å². The zero-order valence-corrected chi connectivity index (χ0v) is 21.0. The predicted octanol–water partition coefficient (Wildman–Crippen LogP) is 4.80. The fourth-order valence-electron chi connectivity index (χ4n) is 3.84. The summed E-state index contributed by atoms with van der Waals surface area (Å²) in [6.45, 7) is 5.13. The number of nitrogens with one attached hydrogen (secondary N) is 2. The largest absolute Gasteiger partial charge is 0.366 e. The molecule has 0 aromatic heterocycles. The molecule has 2 amide bonds. The first-order valence-corrected chi connectivity index (χ1v) is 12.0. The van der Waals surface area contributed by atoms with Crippen molar-refractivity contribution in [3.05, 3.63) is 67.7 Å². The van der Waals surface area contributed by atoms with E-state index in [0.717, 1.165) is 32.4 Å². The van der Waals surface area contributed by atoms with Gasteiger partial charge < -0.3 is 10.2 Å². The van der Waals surface area contributed by atoms with Crippen LogP contribution in [0.5, 0.6) is 0 Å². The molecule has 2 aromatic carbocycles. The van der Waals surface area contributed by atoms with Gasteiger partial charge in [0.05, 0.1) is 21.7 Å². The van der Waals surface area contributed by atoms with Gasteiger partial charge in [0.1, 0.15) is 11.7 Å². The van der Waals surface area contributed by atoms with E-state index < -0.39 is 22.8 Å². The lowest BCUT2D eigenvalue weighted by atomic mass is 10.0. The summed E-state index contributed by atoms with van der Waals surface area (Å²) in [5, 5.41) is 18.8. The molecule has 0 aliphatic carbocycles. The highest BCUT2D eigenvalue weighted by atomic mass is 35.5. The molecule has 1 saturated heterocycles. The van der Waals surface area contributed by atoms with E-state index in [-0.39, 0.29) is 22.2 Å². The quantitative estimate of drug-likeness (QED) is 0.295. The van der Waals surface area contributed by atoms with E-state index in [9.17, 15) is 19.7 Å². The van der Waals surface area contributed by atoms with Crippen molar-refractivity contribution in [2.75, 3.05) is 18.0 Å². The Labute approximate surface area is 213 Å². The van der Waals surface area contributed by atoms with Crippen LogP contribution in [0.25, 0.3) is 0 Å². The third-order valence-corrected chi connectivity index (χ3v) is 6.24. The maximum absolute atomic E-state index is 12.7. The summed E-state index contributed by atoms with van der Waals surface area (Å²) >= 11 is 12.0. The SMILES string of the molecule is CC(C)C(NC(=O)c1ccc(Cl)cc1Cl)C(=O)N/N=C\c1ccc(N2CCCCC2)c([N+](=O)[O-])c1. The summed E-state index contributed by atoms with van der Waals surface area (Å²) < 4.78 is 0. The Morgan fingerprint density at radius 1 is 1.11 bits per heavy atom. The highest BCUT2D eigenvalue weighted by molar-refractivity contribution is 6.36. The molecule has 0 spiro atoms. The number of hydrogen-bond acceptors (Lipinski definition) is 6. The van der Waals surface area contributed by atoms with Crippen LogP contribution in [0.1, 0.15) is 49.0 Å². The standard InChI is InChI=1S/C24H27Cl2N5O4/c1-15(2)22(28-23(32)18-8-7-17(25)13-19(18)26)24(33)29-27-14-16-6-9-20(21(12-16)31(34)35)30-10-4-3-5-11-30/h6-9,12-15,22H,3-5,10-11H2,1-2H3,(H,28,32)(H,29,33)/b27-14-. The first kappa shape index (κ1) is 26.4. The van der Waals surface area contributed by atoms with Gasteiger partial charge in [-0.15, -0.1) is 0 Å². The van der Waals surface area contributed by atoms with Gasteiger partial charge in [-0.1, -0.05) is 43.1 Å². The van der Waals surface area contributed by atoms with E-state index in [2.05, 4.69) is 15.8 Å². The first-order valence-electron chi connectivity index (χ1n) is 11.3. The summed E-state index contributed by atoms with van der Waals surface area (Å²) in [4.78, 5) is 38.6. The molecule has 0 saturated carbocycles. The summed E-state index contributed by atoms with van der Waals surface area (Å²) in [6, 6.07) is 8.44. The Hall–Kier alpha value is -3.17. The smallest absolute Gasteiger partial charge is 0.293 e. The zero-order chi connectivity index (χ0) is 25.5. The number of nitro benzene ring substituents is 1. The van der Waals surface area contributed by atoms with Crippen molar-refractivity contribution in [2.45, 2.75) is 39.2 Å². The number of amides is 2. The molecule has 0 bridgehead atoms. The van der Waals surface area contributed by atoms with Crippen molar-refractivity contribution in [3.63, 3.8) is 0 Å². The van der Waals surface area contributed by atoms with E-state index in [0.29, 0.717) is 16.3 Å². The normalized spacial score (nSPS) is 14.7. The first-order chi connectivity index (χ1) is 16.7. The van der Waals surface area contributed by atoms with Crippen molar-refractivity contribution < 1.29 is 14.5 Å². The number of rotatable bonds is 8. The van der Waals surface area contributed by atoms with Crippen molar-refractivity contribution in [1.29, 1.82) is 0 Å². The lowest BCUT2D eigenvalue weighted by molar-refractivity contribution is -0.384. The number of benzene rings is 2. The molecule has 11 heteroatoms. The third kappa shape index (κ3) is 6.93. The third-order valence-electron chi connectivity index (χ3n) is 5.69. The maximum Gasteiger partial charge on any atom is 0.293 e. The number of nitro groups is 1. The summed E-state index contributed by atoms with van der Waals surface area (Å²) in [6.07, 6.45) is 4.47. The molecule has 186 valence electrons. The highest BCUT2D eigenvalue weighted by Crippen LogP contribution is 2.31. The minimum absolute atomic E-state index is 0.00524. The summed E-state index contributed by atoms with van der Waals surface area (Å²) in [5.74, 6) is -1.30. The van der Waals surface area contributed by atoms with Crippen molar-refractivity contribution in [2.24, 2.45) is 11.0 Å². The number of hydrogen-bond donors (Lipinski definition) is 2. The van der Waals surface area contributed by atoms with Crippen LogP contribution < -0.4 is 15.6 Å². The van der Waals surface area contributed by atoms with Crippen LogP contribution in [0.15, 0.2) is 41.5 Å². The van der Waals surface area contributed by atoms with E-state index in [4.69, 9.17) is 23.2 Å². The second-order valence-corrected chi connectivity index (χ2v) is 9.45. The molecular formula is C24H27Cl2N5O4. The molecule has 9 nitrogen and oxygen atoms in total. The van der Waals surface area contributed by atoms with Gasteiger partial charge in [-0.05, 0) is 49.4 Å². The number of anilines is 1. The van der Waals surface area contributed by atoms with Gasteiger partial charge in [-0.3, -0.25) is 19.7 Å². The van der Waals surface area contributed by atoms with Gasteiger partial charge >= 0.3 is 0 Å². The topological polar surface area (TPSA) is 117 Å². The van der Waals surface area contributed by atoms with Crippen LogP contribution in [0.4, 0.5) is 11.4 Å². The second kappa shape index (κ2) is 12.0. The lowest BCUT2D eigenvalue weighted by Gasteiger charge is -2.28. The molecule has 2 aromatic rings. The number of piperidine rings is 1. The van der Waals surface area contributed by atoms with Gasteiger partial charge in [0.25, 0.3) is 17.5 Å². The molecule has 1 unspecified atom stereocenters. The summed E-state index contributed by atoms with van der Waals surface area (Å²) in [7, 11) is 0. The average Bonchev–Trinajstić information content (AvgIpc) is 2.82. The van der Waals surface area contributed by atoms with Crippen LogP contribution in [0, 0.1) is 16.0 Å². The highest BCUT2D eigenvalue weighted by Gasteiger charge is 2.26. The molecule has 1 heterocycles. The van der Waals surface area contributed by atoms with Crippen molar-refractivity contribution in [1.82, 2.24) is 10.7 Å². The molecule has 1 atom stereocenters. The van der Waals surface area contributed by atoms with Crippen LogP contribution in [-0.2, 0) is 4.79 Å². The predicted molar refractivity (Wildman–Crippen MR) is 137 cm³/mol. The minimum atomic E-state index is -0.887. The van der Waals surface area contributed by atoms with Gasteiger partial charge in [0.2, 0.25) is 0 Å². The average molecular weight is 520 g/mol. The van der Waals surface area contributed by atoms with Crippen LogP contribution >= 0.6 is 23.2 Å². The number of carbonyl (C=O) groups is 2. The molecule has 1 fully saturated rings. The molecule has 0 radical (unpaired) electrons. The Balaban J connectivity index is 1.68. The van der Waals surface area contributed by atoms with Gasteiger partial charge in [0, 0.05) is 29.7 Å².